The Hall–Kier alpha value is -1.31. The van der Waals surface area contributed by atoms with Gasteiger partial charge in [0.15, 0.2) is 0 Å². The van der Waals surface area contributed by atoms with Crippen molar-refractivity contribution in [2.24, 2.45) is 5.41 Å². The highest BCUT2D eigenvalue weighted by molar-refractivity contribution is 5.75. The van der Waals surface area contributed by atoms with Crippen LogP contribution >= 0.6 is 0 Å². The zero-order valence-electron chi connectivity index (χ0n) is 10.1. The van der Waals surface area contributed by atoms with E-state index in [1.54, 1.807) is 0 Å². The maximum atomic E-state index is 10.6. The van der Waals surface area contributed by atoms with Gasteiger partial charge in [-0.25, -0.2) is 0 Å². The van der Waals surface area contributed by atoms with Crippen LogP contribution in [0.3, 0.4) is 0 Å². The summed E-state index contributed by atoms with van der Waals surface area (Å²) in [6.45, 7) is 6.90. The van der Waals surface area contributed by atoms with E-state index in [0.717, 1.165) is 24.9 Å². The highest BCUT2D eigenvalue weighted by Gasteiger charge is 2.25. The van der Waals surface area contributed by atoms with Crippen LogP contribution in [0.2, 0.25) is 0 Å². The fourth-order valence-electron chi connectivity index (χ4n) is 2.13. The Bertz CT molecular complexity index is 357. The third-order valence-corrected chi connectivity index (χ3v) is 3.51. The molecule has 0 radical (unpaired) electrons. The predicted octanol–water partition coefficient (Wildman–Crippen LogP) is 3.13. The number of hydrogen-bond donors (Lipinski definition) is 0. The van der Waals surface area contributed by atoms with Gasteiger partial charge in [-0.15, -0.1) is 0 Å². The number of nitrogens with zero attached hydrogens (tertiary/aromatic N) is 1. The van der Waals surface area contributed by atoms with Crippen LogP contribution in [0.15, 0.2) is 24.3 Å². The van der Waals surface area contributed by atoms with Gasteiger partial charge in [-0.2, -0.15) is 0 Å². The van der Waals surface area contributed by atoms with E-state index in [2.05, 4.69) is 18.7 Å². The summed E-state index contributed by atoms with van der Waals surface area (Å²) in [6.07, 6.45) is 3.37. The molecule has 1 aromatic rings. The summed E-state index contributed by atoms with van der Waals surface area (Å²) in [5, 5.41) is 0. The van der Waals surface area contributed by atoms with Gasteiger partial charge in [0, 0.05) is 24.3 Å². The number of benzene rings is 1. The van der Waals surface area contributed by atoms with Crippen molar-refractivity contribution in [2.45, 2.75) is 26.7 Å². The molecule has 2 heteroatoms. The van der Waals surface area contributed by atoms with Crippen LogP contribution in [-0.2, 0) is 0 Å². The van der Waals surface area contributed by atoms with Gasteiger partial charge in [0.1, 0.15) is 6.29 Å². The normalized spacial score (nSPS) is 19.5. The first-order valence-electron chi connectivity index (χ1n) is 5.91. The minimum atomic E-state index is 0.485. The van der Waals surface area contributed by atoms with Crippen molar-refractivity contribution < 1.29 is 4.79 Å². The molecule has 1 saturated heterocycles. The van der Waals surface area contributed by atoms with Crippen molar-refractivity contribution in [2.75, 3.05) is 18.0 Å². The SMILES string of the molecule is CC1(C)CCN(c2ccc(C=O)cc2)CC1. The molecule has 0 aromatic heterocycles. The van der Waals surface area contributed by atoms with Gasteiger partial charge in [-0.05, 0) is 42.5 Å². The number of piperidine rings is 1. The summed E-state index contributed by atoms with van der Waals surface area (Å²) in [4.78, 5) is 13.0. The van der Waals surface area contributed by atoms with Gasteiger partial charge in [0.25, 0.3) is 0 Å². The Morgan fingerprint density at radius 1 is 1.12 bits per heavy atom. The summed E-state index contributed by atoms with van der Waals surface area (Å²) in [5.74, 6) is 0. The Kier molecular flexibility index (Phi) is 2.99. The quantitative estimate of drug-likeness (QED) is 0.709. The first-order chi connectivity index (χ1) is 7.61. The Balaban J connectivity index is 2.05. The third kappa shape index (κ3) is 2.43. The Labute approximate surface area is 97.3 Å². The first-order valence-corrected chi connectivity index (χ1v) is 5.91. The van der Waals surface area contributed by atoms with Gasteiger partial charge in [-0.3, -0.25) is 4.79 Å². The van der Waals surface area contributed by atoms with Crippen molar-refractivity contribution in [1.82, 2.24) is 0 Å². The molecule has 0 unspecified atom stereocenters. The monoisotopic (exact) mass is 217 g/mol. The molecule has 0 N–H and O–H groups in total. The average Bonchev–Trinajstić information content (AvgIpc) is 2.29. The number of hydrogen-bond acceptors (Lipinski definition) is 2. The first kappa shape index (κ1) is 11.2. The van der Waals surface area contributed by atoms with Crippen molar-refractivity contribution in [3.8, 4) is 0 Å². The van der Waals surface area contributed by atoms with Crippen LogP contribution in [-0.4, -0.2) is 19.4 Å². The van der Waals surface area contributed by atoms with Gasteiger partial charge in [-0.1, -0.05) is 13.8 Å². The molecule has 0 aliphatic carbocycles. The summed E-state index contributed by atoms with van der Waals surface area (Å²) in [7, 11) is 0. The lowest BCUT2D eigenvalue weighted by atomic mass is 9.82. The van der Waals surface area contributed by atoms with Gasteiger partial charge < -0.3 is 4.90 Å². The minimum Gasteiger partial charge on any atom is -0.371 e. The lowest BCUT2D eigenvalue weighted by molar-refractivity contribution is 0.112. The largest absolute Gasteiger partial charge is 0.371 e. The molecule has 0 saturated carbocycles. The lowest BCUT2D eigenvalue weighted by Crippen LogP contribution is -2.37. The topological polar surface area (TPSA) is 20.3 Å². The molecule has 2 rings (SSSR count). The summed E-state index contributed by atoms with van der Waals surface area (Å²) in [5.41, 5.74) is 2.47. The molecule has 86 valence electrons. The van der Waals surface area contributed by atoms with Gasteiger partial charge in [0.2, 0.25) is 0 Å². The maximum absolute atomic E-state index is 10.6. The number of rotatable bonds is 2. The van der Waals surface area contributed by atoms with E-state index < -0.39 is 0 Å². The fourth-order valence-corrected chi connectivity index (χ4v) is 2.13. The highest BCUT2D eigenvalue weighted by atomic mass is 16.1. The minimum absolute atomic E-state index is 0.485. The highest BCUT2D eigenvalue weighted by Crippen LogP contribution is 2.31. The van der Waals surface area contributed by atoms with Crippen molar-refractivity contribution in [3.05, 3.63) is 29.8 Å². The van der Waals surface area contributed by atoms with Gasteiger partial charge >= 0.3 is 0 Å². The predicted molar refractivity (Wildman–Crippen MR) is 67.1 cm³/mol. The Morgan fingerprint density at radius 3 is 2.19 bits per heavy atom. The number of aldehydes is 1. The lowest BCUT2D eigenvalue weighted by Gasteiger charge is -2.38. The van der Waals surface area contributed by atoms with Crippen LogP contribution in [0.4, 0.5) is 5.69 Å². The average molecular weight is 217 g/mol. The fraction of sp³-hybridized carbons (Fsp3) is 0.500. The Morgan fingerprint density at radius 2 is 1.69 bits per heavy atom. The standard InChI is InChI=1S/C14H19NO/c1-14(2)7-9-15(10-8-14)13-5-3-12(11-16)4-6-13/h3-6,11H,7-10H2,1-2H3. The molecule has 16 heavy (non-hydrogen) atoms. The van der Waals surface area contributed by atoms with Crippen LogP contribution < -0.4 is 4.90 Å². The molecule has 1 fully saturated rings. The van der Waals surface area contributed by atoms with Crippen molar-refractivity contribution in [1.29, 1.82) is 0 Å². The van der Waals surface area contributed by atoms with E-state index in [1.807, 2.05) is 24.3 Å². The zero-order valence-corrected chi connectivity index (χ0v) is 10.1. The van der Waals surface area contributed by atoms with E-state index >= 15 is 0 Å². The van der Waals surface area contributed by atoms with Crippen molar-refractivity contribution in [3.63, 3.8) is 0 Å². The second-order valence-corrected chi connectivity index (χ2v) is 5.36. The van der Waals surface area contributed by atoms with E-state index in [1.165, 1.54) is 18.5 Å². The number of carbonyl (C=O) groups excluding carboxylic acids is 1. The second kappa shape index (κ2) is 4.28. The van der Waals surface area contributed by atoms with E-state index in [4.69, 9.17) is 0 Å². The second-order valence-electron chi connectivity index (χ2n) is 5.36. The molecular formula is C14H19NO. The van der Waals surface area contributed by atoms with Crippen molar-refractivity contribution >= 4 is 12.0 Å². The van der Waals surface area contributed by atoms with E-state index in [0.29, 0.717) is 5.41 Å². The maximum Gasteiger partial charge on any atom is 0.150 e. The van der Waals surface area contributed by atoms with Crippen LogP contribution in [0.1, 0.15) is 37.0 Å². The van der Waals surface area contributed by atoms with Crippen LogP contribution in [0.25, 0.3) is 0 Å². The molecule has 0 amide bonds. The zero-order chi connectivity index (χ0) is 11.6. The molecule has 1 aromatic carbocycles. The van der Waals surface area contributed by atoms with E-state index in [-0.39, 0.29) is 0 Å². The molecule has 1 aliphatic heterocycles. The smallest absolute Gasteiger partial charge is 0.150 e. The molecule has 1 heterocycles. The number of anilines is 1. The molecular weight excluding hydrogens is 198 g/mol. The van der Waals surface area contributed by atoms with Crippen LogP contribution in [0, 0.1) is 5.41 Å². The molecule has 0 atom stereocenters. The molecule has 0 bridgehead atoms. The summed E-state index contributed by atoms with van der Waals surface area (Å²) in [6, 6.07) is 7.87. The molecule has 1 aliphatic rings. The van der Waals surface area contributed by atoms with Crippen LogP contribution in [0.5, 0.6) is 0 Å². The summed E-state index contributed by atoms with van der Waals surface area (Å²) >= 11 is 0. The third-order valence-electron chi connectivity index (χ3n) is 3.51. The summed E-state index contributed by atoms with van der Waals surface area (Å²) < 4.78 is 0. The van der Waals surface area contributed by atoms with E-state index in [9.17, 15) is 4.79 Å². The number of carbonyl (C=O) groups is 1. The molecule has 0 spiro atoms. The molecule has 2 nitrogen and oxygen atoms in total. The van der Waals surface area contributed by atoms with Gasteiger partial charge in [0.05, 0.1) is 0 Å².